The summed E-state index contributed by atoms with van der Waals surface area (Å²) in [5.74, 6) is 0.629. The van der Waals surface area contributed by atoms with E-state index in [0.717, 1.165) is 6.07 Å². The van der Waals surface area contributed by atoms with Crippen LogP contribution < -0.4 is 10.6 Å². The van der Waals surface area contributed by atoms with Crippen LogP contribution in [-0.4, -0.2) is 45.5 Å². The molecule has 32 heavy (non-hydrogen) atoms. The number of benzene rings is 1. The van der Waals surface area contributed by atoms with Crippen LogP contribution in [0.15, 0.2) is 24.3 Å². The summed E-state index contributed by atoms with van der Waals surface area (Å²) in [5.41, 5.74) is 7.76. The predicted octanol–water partition coefficient (Wildman–Crippen LogP) is 3.06. The Bertz CT molecular complexity index is 1120. The van der Waals surface area contributed by atoms with Crippen molar-refractivity contribution in [1.29, 1.82) is 0 Å². The van der Waals surface area contributed by atoms with Crippen molar-refractivity contribution in [3.8, 4) is 0 Å². The fourth-order valence-corrected chi connectivity index (χ4v) is 3.97. The molecule has 1 saturated heterocycles. The molecule has 3 aromatic rings. The smallest absolute Gasteiger partial charge is 0.396 e. The summed E-state index contributed by atoms with van der Waals surface area (Å²) in [7, 11) is 0. The minimum absolute atomic E-state index is 0. The highest BCUT2D eigenvalue weighted by Gasteiger charge is 2.33. The molecular formula is C21H26F3N5O2S. The molecule has 0 saturated carbocycles. The number of aliphatic hydroxyl groups excluding tert-OH is 1. The number of anilines is 2. The number of aromatic nitrogens is 3. The lowest BCUT2D eigenvalue weighted by atomic mass is 9.98. The molecule has 1 aromatic carbocycles. The van der Waals surface area contributed by atoms with Gasteiger partial charge in [-0.1, -0.05) is 12.1 Å². The summed E-state index contributed by atoms with van der Waals surface area (Å²) in [5, 5.41) is 14.5. The molecule has 0 amide bonds. The zero-order chi connectivity index (χ0) is 22.3. The average Bonchev–Trinajstić information content (AvgIpc) is 3.07. The number of fused-ring (bicyclic) bond motifs is 1. The van der Waals surface area contributed by atoms with E-state index in [9.17, 15) is 18.3 Å². The molecule has 7 nitrogen and oxygen atoms in total. The van der Waals surface area contributed by atoms with E-state index in [1.54, 1.807) is 12.1 Å². The monoisotopic (exact) mass is 469 g/mol. The molecule has 1 fully saturated rings. The van der Waals surface area contributed by atoms with Crippen LogP contribution in [0.5, 0.6) is 0 Å². The molecule has 0 aliphatic carbocycles. The second kappa shape index (κ2) is 9.16. The van der Waals surface area contributed by atoms with Crippen molar-refractivity contribution < 1.29 is 23.0 Å². The van der Waals surface area contributed by atoms with Gasteiger partial charge in [-0.15, -0.1) is 5.10 Å². The maximum Gasteiger partial charge on any atom is 0.416 e. The Morgan fingerprint density at radius 1 is 1.31 bits per heavy atom. The molecule has 3 heterocycles. The fraction of sp³-hybridized carbons (Fsp3) is 0.429. The number of imidazole rings is 1. The number of nitrogens with two attached hydrogens (primary N) is 1. The van der Waals surface area contributed by atoms with Crippen molar-refractivity contribution in [3.05, 3.63) is 52.3 Å². The molecule has 174 valence electrons. The quantitative estimate of drug-likeness (QED) is 0.611. The summed E-state index contributed by atoms with van der Waals surface area (Å²) < 4.78 is 47.2. The highest BCUT2D eigenvalue weighted by Crippen LogP contribution is 2.34. The van der Waals surface area contributed by atoms with Crippen LogP contribution in [0, 0.1) is 6.92 Å². The lowest BCUT2D eigenvalue weighted by Gasteiger charge is -2.32. The van der Waals surface area contributed by atoms with Crippen LogP contribution in [0.2, 0.25) is 0 Å². The SMILES string of the molecule is Cc1c(Cc2c(CO)nc3c(N)cc(N4CCOC(C)C4)nn23)cccc1C(F)(F)F.S. The maximum atomic E-state index is 13.3. The number of hydrogen-bond acceptors (Lipinski definition) is 6. The summed E-state index contributed by atoms with van der Waals surface area (Å²) in [4.78, 5) is 6.43. The van der Waals surface area contributed by atoms with Gasteiger partial charge in [0.1, 0.15) is 0 Å². The topological polar surface area (TPSA) is 88.9 Å². The van der Waals surface area contributed by atoms with Crippen molar-refractivity contribution in [3.63, 3.8) is 0 Å². The third-order valence-corrected chi connectivity index (χ3v) is 5.60. The molecule has 4 rings (SSSR count). The zero-order valence-electron chi connectivity index (χ0n) is 17.8. The summed E-state index contributed by atoms with van der Waals surface area (Å²) in [6.45, 7) is 4.88. The standard InChI is InChI=1S/C21H24F3N5O2.H2S/c1-12-10-28(6-7-31-12)19-9-16(25)20-26-17(11-30)18(29(20)27-19)8-14-4-3-5-15(13(14)2)21(22,23)24;/h3-5,9,12,30H,6-8,10-11,25H2,1-2H3;1H2. The van der Waals surface area contributed by atoms with Gasteiger partial charge in [0.2, 0.25) is 0 Å². The maximum absolute atomic E-state index is 13.3. The molecule has 2 aromatic heterocycles. The molecule has 1 aliphatic heterocycles. The minimum atomic E-state index is -4.44. The Hall–Kier alpha value is -2.50. The normalized spacial score (nSPS) is 16.9. The molecule has 1 unspecified atom stereocenters. The van der Waals surface area contributed by atoms with Gasteiger partial charge in [-0.05, 0) is 31.0 Å². The first kappa shape index (κ1) is 24.1. The van der Waals surface area contributed by atoms with Crippen LogP contribution in [0.3, 0.4) is 0 Å². The van der Waals surface area contributed by atoms with Crippen LogP contribution in [0.25, 0.3) is 5.65 Å². The molecule has 1 aliphatic rings. The fourth-order valence-electron chi connectivity index (χ4n) is 3.97. The van der Waals surface area contributed by atoms with Crippen molar-refractivity contribution >= 4 is 30.6 Å². The lowest BCUT2D eigenvalue weighted by molar-refractivity contribution is -0.138. The van der Waals surface area contributed by atoms with E-state index in [-0.39, 0.29) is 38.2 Å². The number of halogens is 3. The second-order valence-corrected chi connectivity index (χ2v) is 7.75. The Morgan fingerprint density at radius 3 is 2.72 bits per heavy atom. The average molecular weight is 470 g/mol. The van der Waals surface area contributed by atoms with Crippen molar-refractivity contribution in [2.24, 2.45) is 0 Å². The Morgan fingerprint density at radius 2 is 2.06 bits per heavy atom. The van der Waals surface area contributed by atoms with Crippen molar-refractivity contribution in [1.82, 2.24) is 14.6 Å². The molecule has 0 radical (unpaired) electrons. The first-order chi connectivity index (χ1) is 14.7. The van der Waals surface area contributed by atoms with E-state index < -0.39 is 11.7 Å². The summed E-state index contributed by atoms with van der Waals surface area (Å²) >= 11 is 0. The molecule has 0 spiro atoms. The number of hydrogen-bond donors (Lipinski definition) is 2. The summed E-state index contributed by atoms with van der Waals surface area (Å²) in [6.07, 6.45) is -4.28. The third kappa shape index (κ3) is 4.50. The van der Waals surface area contributed by atoms with E-state index in [1.165, 1.54) is 17.5 Å². The van der Waals surface area contributed by atoms with E-state index >= 15 is 0 Å². The molecular weight excluding hydrogens is 443 g/mol. The lowest BCUT2D eigenvalue weighted by Crippen LogP contribution is -2.41. The van der Waals surface area contributed by atoms with Gasteiger partial charge in [-0.25, -0.2) is 9.50 Å². The first-order valence-corrected chi connectivity index (χ1v) is 9.99. The van der Waals surface area contributed by atoms with E-state index in [0.29, 0.717) is 53.8 Å². The van der Waals surface area contributed by atoms with Crippen LogP contribution in [0.4, 0.5) is 24.7 Å². The van der Waals surface area contributed by atoms with Gasteiger partial charge in [0, 0.05) is 25.6 Å². The van der Waals surface area contributed by atoms with Gasteiger partial charge < -0.3 is 20.5 Å². The van der Waals surface area contributed by atoms with Crippen LogP contribution in [-0.2, 0) is 23.9 Å². The molecule has 3 N–H and O–H groups in total. The highest BCUT2D eigenvalue weighted by molar-refractivity contribution is 7.59. The van der Waals surface area contributed by atoms with Gasteiger partial charge in [0.05, 0.1) is 42.0 Å². The molecule has 1 atom stereocenters. The zero-order valence-corrected chi connectivity index (χ0v) is 18.8. The Balaban J connectivity index is 0.00000289. The third-order valence-electron chi connectivity index (χ3n) is 5.60. The van der Waals surface area contributed by atoms with E-state index in [4.69, 9.17) is 10.5 Å². The molecule has 11 heteroatoms. The van der Waals surface area contributed by atoms with Crippen molar-refractivity contribution in [2.75, 3.05) is 30.3 Å². The minimum Gasteiger partial charge on any atom is -0.396 e. The number of ether oxygens (including phenoxy) is 1. The summed E-state index contributed by atoms with van der Waals surface area (Å²) in [6, 6.07) is 5.81. The van der Waals surface area contributed by atoms with E-state index in [2.05, 4.69) is 10.1 Å². The van der Waals surface area contributed by atoms with Gasteiger partial charge in [0.25, 0.3) is 0 Å². The number of alkyl halides is 3. The Kier molecular flexibility index (Phi) is 6.91. The second-order valence-electron chi connectivity index (χ2n) is 7.75. The highest BCUT2D eigenvalue weighted by atomic mass is 32.1. The number of aliphatic hydroxyl groups is 1. The first-order valence-electron chi connectivity index (χ1n) is 9.99. The predicted molar refractivity (Wildman–Crippen MR) is 120 cm³/mol. The largest absolute Gasteiger partial charge is 0.416 e. The number of morpholine rings is 1. The van der Waals surface area contributed by atoms with Crippen LogP contribution >= 0.6 is 13.5 Å². The number of nitrogen functional groups attached to an aromatic ring is 1. The van der Waals surface area contributed by atoms with E-state index in [1.807, 2.05) is 11.8 Å². The number of rotatable bonds is 4. The van der Waals surface area contributed by atoms with Gasteiger partial charge in [-0.3, -0.25) is 0 Å². The van der Waals surface area contributed by atoms with Gasteiger partial charge in [0.15, 0.2) is 11.5 Å². The number of nitrogens with zero attached hydrogens (tertiary/aromatic N) is 4. The Labute approximate surface area is 190 Å². The molecule has 0 bridgehead atoms. The van der Waals surface area contributed by atoms with Crippen molar-refractivity contribution in [2.45, 2.75) is 39.2 Å². The van der Waals surface area contributed by atoms with Gasteiger partial charge >= 0.3 is 6.18 Å². The van der Waals surface area contributed by atoms with Crippen LogP contribution in [0.1, 0.15) is 35.0 Å². The van der Waals surface area contributed by atoms with Gasteiger partial charge in [-0.2, -0.15) is 26.7 Å².